The number of nitrogens with one attached hydrogen (secondary N) is 1. The van der Waals surface area contributed by atoms with Gasteiger partial charge in [0.15, 0.2) is 0 Å². The molecule has 60 valence electrons. The monoisotopic (exact) mass is 149 g/mol. The minimum absolute atomic E-state index is 0.263. The van der Waals surface area contributed by atoms with Crippen LogP contribution in [-0.2, 0) is 0 Å². The second kappa shape index (κ2) is 2.53. The van der Waals surface area contributed by atoms with E-state index in [0.717, 1.165) is 17.9 Å². The van der Waals surface area contributed by atoms with E-state index < -0.39 is 0 Å². The van der Waals surface area contributed by atoms with Gasteiger partial charge in [0.1, 0.15) is 0 Å². The van der Waals surface area contributed by atoms with Gasteiger partial charge in [-0.25, -0.2) is 0 Å². The van der Waals surface area contributed by atoms with Crippen molar-refractivity contribution < 1.29 is 0 Å². The average molecular weight is 149 g/mol. The molecule has 1 nitrogen and oxygen atoms in total. The summed E-state index contributed by atoms with van der Waals surface area (Å²) in [7, 11) is 0. The van der Waals surface area contributed by atoms with Crippen LogP contribution in [0.2, 0.25) is 0 Å². The number of terminal acetylenes is 1. The molecule has 2 saturated carbocycles. The lowest BCUT2D eigenvalue weighted by Gasteiger charge is -2.16. The van der Waals surface area contributed by atoms with Gasteiger partial charge in [-0.1, -0.05) is 5.92 Å². The molecule has 2 aliphatic carbocycles. The maximum atomic E-state index is 5.30. The normalized spacial score (nSPS) is 42.7. The van der Waals surface area contributed by atoms with Gasteiger partial charge in [0, 0.05) is 6.04 Å². The highest BCUT2D eigenvalue weighted by molar-refractivity contribution is 5.05. The minimum Gasteiger partial charge on any atom is -0.301 e. The van der Waals surface area contributed by atoms with Crippen molar-refractivity contribution in [2.24, 2.45) is 11.8 Å². The standard InChI is InChI=1S/C10H15N/c1-3-7(2)11-10-5-4-8-6-9(8)10/h1,7-11H,4-6H2,2H3. The van der Waals surface area contributed by atoms with Crippen molar-refractivity contribution in [3.63, 3.8) is 0 Å². The van der Waals surface area contributed by atoms with Crippen LogP contribution in [0.5, 0.6) is 0 Å². The molecule has 0 radical (unpaired) electrons. The molecule has 0 bridgehead atoms. The smallest absolute Gasteiger partial charge is 0.0660 e. The van der Waals surface area contributed by atoms with Crippen LogP contribution < -0.4 is 5.32 Å². The zero-order chi connectivity index (χ0) is 7.84. The van der Waals surface area contributed by atoms with Gasteiger partial charge < -0.3 is 5.32 Å². The van der Waals surface area contributed by atoms with Crippen LogP contribution in [0.15, 0.2) is 0 Å². The van der Waals surface area contributed by atoms with Crippen molar-refractivity contribution in [2.75, 3.05) is 0 Å². The van der Waals surface area contributed by atoms with Crippen molar-refractivity contribution in [1.29, 1.82) is 0 Å². The van der Waals surface area contributed by atoms with Crippen LogP contribution in [0.25, 0.3) is 0 Å². The fourth-order valence-corrected chi connectivity index (χ4v) is 2.28. The molecule has 0 aromatic heterocycles. The van der Waals surface area contributed by atoms with Crippen molar-refractivity contribution in [3.05, 3.63) is 0 Å². The molecule has 4 atom stereocenters. The molecule has 0 heterocycles. The SMILES string of the molecule is C#CC(C)NC1CCC2CC21. The summed E-state index contributed by atoms with van der Waals surface area (Å²) in [5.41, 5.74) is 0. The number of rotatable bonds is 2. The second-order valence-electron chi connectivity index (χ2n) is 3.90. The van der Waals surface area contributed by atoms with Gasteiger partial charge in [-0.05, 0) is 38.0 Å². The Morgan fingerprint density at radius 2 is 2.36 bits per heavy atom. The molecule has 2 fully saturated rings. The minimum atomic E-state index is 0.263. The third-order valence-electron chi connectivity index (χ3n) is 3.06. The molecule has 1 N–H and O–H groups in total. The number of fused-ring (bicyclic) bond motifs is 1. The molecule has 0 aliphatic heterocycles. The molecule has 2 rings (SSSR count). The van der Waals surface area contributed by atoms with E-state index in [9.17, 15) is 0 Å². The van der Waals surface area contributed by atoms with E-state index in [2.05, 4.69) is 18.2 Å². The van der Waals surface area contributed by atoms with Gasteiger partial charge in [0.25, 0.3) is 0 Å². The van der Waals surface area contributed by atoms with E-state index in [1.54, 1.807) is 0 Å². The first-order valence-electron chi connectivity index (χ1n) is 4.53. The number of hydrogen-bond acceptors (Lipinski definition) is 1. The summed E-state index contributed by atoms with van der Waals surface area (Å²) in [5, 5.41) is 3.48. The molecular weight excluding hydrogens is 134 g/mol. The maximum Gasteiger partial charge on any atom is 0.0660 e. The lowest BCUT2D eigenvalue weighted by atomic mass is 10.1. The molecule has 4 unspecified atom stereocenters. The Kier molecular flexibility index (Phi) is 1.65. The van der Waals surface area contributed by atoms with Gasteiger partial charge in [0.2, 0.25) is 0 Å². The molecule has 2 aliphatic rings. The van der Waals surface area contributed by atoms with Crippen molar-refractivity contribution in [1.82, 2.24) is 5.32 Å². The van der Waals surface area contributed by atoms with Gasteiger partial charge in [-0.2, -0.15) is 0 Å². The van der Waals surface area contributed by atoms with Crippen molar-refractivity contribution in [2.45, 2.75) is 38.3 Å². The largest absolute Gasteiger partial charge is 0.301 e. The van der Waals surface area contributed by atoms with Crippen LogP contribution >= 0.6 is 0 Å². The van der Waals surface area contributed by atoms with Crippen LogP contribution in [0.1, 0.15) is 26.2 Å². The summed E-state index contributed by atoms with van der Waals surface area (Å²) >= 11 is 0. The van der Waals surface area contributed by atoms with E-state index in [0.29, 0.717) is 0 Å². The van der Waals surface area contributed by atoms with Gasteiger partial charge in [-0.15, -0.1) is 6.42 Å². The van der Waals surface area contributed by atoms with E-state index in [-0.39, 0.29) is 6.04 Å². The fourth-order valence-electron chi connectivity index (χ4n) is 2.28. The van der Waals surface area contributed by atoms with E-state index in [4.69, 9.17) is 6.42 Å². The van der Waals surface area contributed by atoms with Crippen molar-refractivity contribution in [3.8, 4) is 12.3 Å². The first-order chi connectivity index (χ1) is 5.31. The Balaban J connectivity index is 1.83. The number of hydrogen-bond donors (Lipinski definition) is 1. The van der Waals surface area contributed by atoms with E-state index >= 15 is 0 Å². The summed E-state index contributed by atoms with van der Waals surface area (Å²) in [6.07, 6.45) is 9.53. The zero-order valence-corrected chi connectivity index (χ0v) is 7.01. The van der Waals surface area contributed by atoms with E-state index in [1.165, 1.54) is 19.3 Å². The van der Waals surface area contributed by atoms with E-state index in [1.807, 2.05) is 0 Å². The second-order valence-corrected chi connectivity index (χ2v) is 3.90. The molecule has 0 aromatic rings. The Morgan fingerprint density at radius 3 is 2.82 bits per heavy atom. The average Bonchev–Trinajstić information content (AvgIpc) is 2.70. The van der Waals surface area contributed by atoms with Gasteiger partial charge in [-0.3, -0.25) is 0 Å². The zero-order valence-electron chi connectivity index (χ0n) is 7.01. The highest BCUT2D eigenvalue weighted by Crippen LogP contribution is 2.51. The third-order valence-corrected chi connectivity index (χ3v) is 3.06. The Morgan fingerprint density at radius 1 is 1.55 bits per heavy atom. The predicted molar refractivity (Wildman–Crippen MR) is 46.0 cm³/mol. The highest BCUT2D eigenvalue weighted by Gasteiger charge is 2.47. The third kappa shape index (κ3) is 1.28. The van der Waals surface area contributed by atoms with Crippen LogP contribution in [0.3, 0.4) is 0 Å². The molecule has 0 amide bonds. The Bertz CT molecular complexity index is 192. The molecular formula is C10H15N. The van der Waals surface area contributed by atoms with Gasteiger partial charge >= 0.3 is 0 Å². The lowest BCUT2D eigenvalue weighted by molar-refractivity contribution is 0.458. The molecule has 1 heteroatoms. The Hall–Kier alpha value is -0.480. The first-order valence-corrected chi connectivity index (χ1v) is 4.53. The molecule has 0 spiro atoms. The van der Waals surface area contributed by atoms with Crippen LogP contribution in [0, 0.1) is 24.2 Å². The predicted octanol–water partition coefficient (Wildman–Crippen LogP) is 1.40. The summed E-state index contributed by atoms with van der Waals surface area (Å²) in [6.45, 7) is 2.07. The summed E-state index contributed by atoms with van der Waals surface area (Å²) < 4.78 is 0. The fraction of sp³-hybridized carbons (Fsp3) is 0.800. The lowest BCUT2D eigenvalue weighted by Crippen LogP contribution is -2.35. The molecule has 11 heavy (non-hydrogen) atoms. The topological polar surface area (TPSA) is 12.0 Å². The maximum absolute atomic E-state index is 5.30. The molecule has 0 aromatic carbocycles. The molecule has 0 saturated heterocycles. The van der Waals surface area contributed by atoms with Crippen LogP contribution in [-0.4, -0.2) is 12.1 Å². The van der Waals surface area contributed by atoms with Gasteiger partial charge in [0.05, 0.1) is 6.04 Å². The van der Waals surface area contributed by atoms with Crippen LogP contribution in [0.4, 0.5) is 0 Å². The Labute approximate surface area is 68.6 Å². The summed E-state index contributed by atoms with van der Waals surface area (Å²) in [4.78, 5) is 0. The summed E-state index contributed by atoms with van der Waals surface area (Å²) in [6, 6.07) is 1.00. The summed E-state index contributed by atoms with van der Waals surface area (Å²) in [5.74, 6) is 4.75. The highest BCUT2D eigenvalue weighted by atomic mass is 15.0. The first kappa shape index (κ1) is 7.18. The van der Waals surface area contributed by atoms with Crippen molar-refractivity contribution >= 4 is 0 Å². The quantitative estimate of drug-likeness (QED) is 0.585.